The van der Waals surface area contributed by atoms with Crippen LogP contribution in [0.4, 0.5) is 10.5 Å². The molecule has 0 aliphatic carbocycles. The Bertz CT molecular complexity index is 583. The zero-order valence-electron chi connectivity index (χ0n) is 14.9. The number of benzene rings is 1. The van der Waals surface area contributed by atoms with Gasteiger partial charge in [0.2, 0.25) is 0 Å². The van der Waals surface area contributed by atoms with E-state index < -0.39 is 0 Å². The van der Waals surface area contributed by atoms with Crippen LogP contribution in [0.15, 0.2) is 24.3 Å². The van der Waals surface area contributed by atoms with Gasteiger partial charge in [-0.05, 0) is 31.5 Å². The Hall–Kier alpha value is -2.12. The lowest BCUT2D eigenvalue weighted by atomic mass is 10.1. The van der Waals surface area contributed by atoms with Gasteiger partial charge in [-0.1, -0.05) is 12.1 Å². The SMILES string of the molecule is CCOC(=O)Cc1cccc(NC(=O)N2CCN(C[C@H](C)O)CC2)c1. The fourth-order valence-electron chi connectivity index (χ4n) is 2.85. The number of amides is 2. The Morgan fingerprint density at radius 2 is 2.00 bits per heavy atom. The highest BCUT2D eigenvalue weighted by Gasteiger charge is 2.21. The minimum Gasteiger partial charge on any atom is -0.466 e. The quantitative estimate of drug-likeness (QED) is 0.757. The molecule has 2 amide bonds. The van der Waals surface area contributed by atoms with Gasteiger partial charge in [-0.3, -0.25) is 9.69 Å². The van der Waals surface area contributed by atoms with Crippen LogP contribution in [0.25, 0.3) is 0 Å². The molecule has 25 heavy (non-hydrogen) atoms. The van der Waals surface area contributed by atoms with Gasteiger partial charge in [0.1, 0.15) is 0 Å². The molecule has 0 unspecified atom stereocenters. The molecule has 7 heteroatoms. The molecule has 1 aromatic rings. The first-order valence-corrected chi connectivity index (χ1v) is 8.69. The Balaban J connectivity index is 1.85. The van der Waals surface area contributed by atoms with Crippen LogP contribution in [-0.2, 0) is 16.0 Å². The molecule has 1 saturated heterocycles. The van der Waals surface area contributed by atoms with Crippen molar-refractivity contribution in [1.82, 2.24) is 9.80 Å². The number of urea groups is 1. The highest BCUT2D eigenvalue weighted by atomic mass is 16.5. The number of β-amino-alcohol motifs (C(OH)–C–C–N with tert-alkyl or cyclic N) is 1. The number of ether oxygens (including phenoxy) is 1. The third-order valence-electron chi connectivity index (χ3n) is 4.01. The number of carbonyl (C=O) groups excluding carboxylic acids is 2. The molecule has 1 heterocycles. The third-order valence-corrected chi connectivity index (χ3v) is 4.01. The number of esters is 1. The lowest BCUT2D eigenvalue weighted by Gasteiger charge is -2.35. The van der Waals surface area contributed by atoms with Crippen molar-refractivity contribution >= 4 is 17.7 Å². The van der Waals surface area contributed by atoms with Gasteiger partial charge < -0.3 is 20.1 Å². The van der Waals surface area contributed by atoms with Crippen molar-refractivity contribution in [1.29, 1.82) is 0 Å². The van der Waals surface area contributed by atoms with E-state index in [9.17, 15) is 14.7 Å². The molecule has 138 valence electrons. The Morgan fingerprint density at radius 1 is 1.28 bits per heavy atom. The Labute approximate surface area is 148 Å². The Kier molecular flexibility index (Phi) is 7.21. The highest BCUT2D eigenvalue weighted by Crippen LogP contribution is 2.13. The number of hydrogen-bond donors (Lipinski definition) is 2. The lowest BCUT2D eigenvalue weighted by molar-refractivity contribution is -0.142. The molecule has 0 spiro atoms. The van der Waals surface area contributed by atoms with Crippen molar-refractivity contribution in [3.8, 4) is 0 Å². The van der Waals surface area contributed by atoms with Gasteiger partial charge in [0, 0.05) is 38.4 Å². The molecular weight excluding hydrogens is 322 g/mol. The predicted molar refractivity (Wildman–Crippen MR) is 95.5 cm³/mol. The maximum Gasteiger partial charge on any atom is 0.321 e. The number of nitrogens with zero attached hydrogens (tertiary/aromatic N) is 2. The maximum atomic E-state index is 12.4. The number of anilines is 1. The molecule has 1 aliphatic heterocycles. The van der Waals surface area contributed by atoms with Crippen molar-refractivity contribution in [3.63, 3.8) is 0 Å². The summed E-state index contributed by atoms with van der Waals surface area (Å²) in [5.74, 6) is -0.278. The molecule has 2 N–H and O–H groups in total. The zero-order valence-corrected chi connectivity index (χ0v) is 14.9. The van der Waals surface area contributed by atoms with E-state index in [1.807, 2.05) is 12.1 Å². The molecule has 0 aromatic heterocycles. The number of hydrogen-bond acceptors (Lipinski definition) is 5. The minimum atomic E-state index is -0.359. The standard InChI is InChI=1S/C18H27N3O4/c1-3-25-17(23)12-15-5-4-6-16(11-15)19-18(24)21-9-7-20(8-10-21)13-14(2)22/h4-6,11,14,22H,3,7-10,12-13H2,1-2H3,(H,19,24)/t14-/m0/s1. The maximum absolute atomic E-state index is 12.4. The molecule has 0 saturated carbocycles. The van der Waals surface area contributed by atoms with E-state index >= 15 is 0 Å². The van der Waals surface area contributed by atoms with Crippen LogP contribution < -0.4 is 5.32 Å². The summed E-state index contributed by atoms with van der Waals surface area (Å²) in [6.07, 6.45) is -0.169. The molecule has 1 fully saturated rings. The van der Waals surface area contributed by atoms with Crippen LogP contribution in [-0.4, -0.2) is 72.3 Å². The van der Waals surface area contributed by atoms with Crippen LogP contribution >= 0.6 is 0 Å². The topological polar surface area (TPSA) is 82.1 Å². The van der Waals surface area contributed by atoms with E-state index in [4.69, 9.17) is 4.74 Å². The van der Waals surface area contributed by atoms with Gasteiger partial charge in [-0.25, -0.2) is 4.79 Å². The van der Waals surface area contributed by atoms with Crippen molar-refractivity contribution < 1.29 is 19.4 Å². The van der Waals surface area contributed by atoms with E-state index in [1.54, 1.807) is 30.9 Å². The minimum absolute atomic E-state index is 0.148. The van der Waals surface area contributed by atoms with Gasteiger partial charge >= 0.3 is 12.0 Å². The number of piperazine rings is 1. The van der Waals surface area contributed by atoms with Gasteiger partial charge in [-0.15, -0.1) is 0 Å². The molecule has 0 bridgehead atoms. The summed E-state index contributed by atoms with van der Waals surface area (Å²) in [6.45, 7) is 7.28. The van der Waals surface area contributed by atoms with E-state index in [2.05, 4.69) is 10.2 Å². The average Bonchev–Trinajstić information content (AvgIpc) is 2.55. The van der Waals surface area contributed by atoms with Crippen LogP contribution in [0.5, 0.6) is 0 Å². The molecule has 0 radical (unpaired) electrons. The van der Waals surface area contributed by atoms with E-state index in [0.717, 1.165) is 18.7 Å². The van der Waals surface area contributed by atoms with Crippen molar-refractivity contribution in [2.45, 2.75) is 26.4 Å². The first-order chi connectivity index (χ1) is 12.0. The molecule has 1 atom stereocenters. The number of aliphatic hydroxyl groups is 1. The van der Waals surface area contributed by atoms with Gasteiger partial charge in [0.05, 0.1) is 19.1 Å². The summed E-state index contributed by atoms with van der Waals surface area (Å²) in [5, 5.41) is 12.3. The zero-order chi connectivity index (χ0) is 18.2. The van der Waals surface area contributed by atoms with E-state index in [0.29, 0.717) is 31.9 Å². The van der Waals surface area contributed by atoms with Crippen molar-refractivity contribution in [3.05, 3.63) is 29.8 Å². The summed E-state index contributed by atoms with van der Waals surface area (Å²) < 4.78 is 4.94. The molecule has 1 aromatic carbocycles. The lowest BCUT2D eigenvalue weighted by Crippen LogP contribution is -2.51. The monoisotopic (exact) mass is 349 g/mol. The summed E-state index contributed by atoms with van der Waals surface area (Å²) in [7, 11) is 0. The van der Waals surface area contributed by atoms with Crippen LogP contribution in [0, 0.1) is 0 Å². The van der Waals surface area contributed by atoms with Crippen LogP contribution in [0.2, 0.25) is 0 Å². The first-order valence-electron chi connectivity index (χ1n) is 8.69. The third kappa shape index (κ3) is 6.36. The van der Waals surface area contributed by atoms with E-state index in [-0.39, 0.29) is 24.5 Å². The van der Waals surface area contributed by atoms with Crippen LogP contribution in [0.1, 0.15) is 19.4 Å². The average molecular weight is 349 g/mol. The number of rotatable bonds is 6. The second-order valence-corrected chi connectivity index (χ2v) is 6.25. The second-order valence-electron chi connectivity index (χ2n) is 6.25. The van der Waals surface area contributed by atoms with Crippen molar-refractivity contribution in [2.75, 3.05) is 44.6 Å². The summed E-state index contributed by atoms with van der Waals surface area (Å²) in [4.78, 5) is 27.9. The van der Waals surface area contributed by atoms with Gasteiger partial charge in [-0.2, -0.15) is 0 Å². The molecule has 7 nitrogen and oxygen atoms in total. The van der Waals surface area contributed by atoms with E-state index in [1.165, 1.54) is 0 Å². The van der Waals surface area contributed by atoms with Crippen LogP contribution in [0.3, 0.4) is 0 Å². The first kappa shape index (κ1) is 19.2. The Morgan fingerprint density at radius 3 is 2.64 bits per heavy atom. The molecule has 1 aliphatic rings. The van der Waals surface area contributed by atoms with Crippen molar-refractivity contribution in [2.24, 2.45) is 0 Å². The van der Waals surface area contributed by atoms with Gasteiger partial charge in [0.15, 0.2) is 0 Å². The second kappa shape index (κ2) is 9.39. The fraction of sp³-hybridized carbons (Fsp3) is 0.556. The number of aliphatic hydroxyl groups excluding tert-OH is 1. The normalized spacial score (nSPS) is 16.4. The highest BCUT2D eigenvalue weighted by molar-refractivity contribution is 5.89. The smallest absolute Gasteiger partial charge is 0.321 e. The summed E-state index contributed by atoms with van der Waals surface area (Å²) >= 11 is 0. The number of carbonyl (C=O) groups is 2. The summed E-state index contributed by atoms with van der Waals surface area (Å²) in [6, 6.07) is 7.09. The number of nitrogens with one attached hydrogen (secondary N) is 1. The summed E-state index contributed by atoms with van der Waals surface area (Å²) in [5.41, 5.74) is 1.47. The largest absolute Gasteiger partial charge is 0.466 e. The molecule has 2 rings (SSSR count). The fourth-order valence-corrected chi connectivity index (χ4v) is 2.85. The predicted octanol–water partition coefficient (Wildman–Crippen LogP) is 1.32. The molecular formula is C18H27N3O4. The van der Waals surface area contributed by atoms with Gasteiger partial charge in [0.25, 0.3) is 0 Å².